The first kappa shape index (κ1) is 19.7. The lowest BCUT2D eigenvalue weighted by atomic mass is 10.0. The van der Waals surface area contributed by atoms with Crippen molar-refractivity contribution >= 4 is 23.8 Å². The number of thioether (sulfide) groups is 1. The molecule has 1 aromatic carbocycles. The van der Waals surface area contributed by atoms with Crippen molar-refractivity contribution in [3.8, 4) is 5.75 Å². The highest BCUT2D eigenvalue weighted by molar-refractivity contribution is 7.99. The van der Waals surface area contributed by atoms with E-state index in [4.69, 9.17) is 9.47 Å². The smallest absolute Gasteiger partial charge is 0.430 e. The van der Waals surface area contributed by atoms with Crippen LogP contribution in [0.3, 0.4) is 0 Å². The van der Waals surface area contributed by atoms with Gasteiger partial charge in [0.1, 0.15) is 5.75 Å². The Bertz CT molecular complexity index is 641. The lowest BCUT2D eigenvalue weighted by Crippen LogP contribution is -2.40. The fourth-order valence-electron chi connectivity index (χ4n) is 2.47. The van der Waals surface area contributed by atoms with Crippen LogP contribution in [0.4, 0.5) is 13.2 Å². The van der Waals surface area contributed by atoms with Crippen molar-refractivity contribution in [2.45, 2.75) is 50.3 Å². The Labute approximate surface area is 149 Å². The maximum Gasteiger partial charge on any atom is 0.430 e. The Morgan fingerprint density at radius 1 is 1.28 bits per heavy atom. The van der Waals surface area contributed by atoms with Crippen molar-refractivity contribution in [3.63, 3.8) is 0 Å². The maximum atomic E-state index is 13.3. The van der Waals surface area contributed by atoms with Crippen molar-refractivity contribution in [2.24, 2.45) is 0 Å². The largest absolute Gasteiger partial charge is 0.475 e. The van der Waals surface area contributed by atoms with E-state index in [-0.39, 0.29) is 12.4 Å². The maximum absolute atomic E-state index is 13.3. The standard InChI is InChI=1S/C18H21F3O3S/c1-3-5-6-10-25-15-9-7-8-14-12(15)11-13(17(22)23-4-2)16(24-14)18(19,20)21/h7-9,11,16H,3-6,10H2,1-2H3. The normalized spacial score (nSPS) is 16.7. The molecule has 0 aromatic heterocycles. The third-order valence-corrected chi connectivity index (χ3v) is 4.83. The average Bonchev–Trinajstić information content (AvgIpc) is 2.57. The summed E-state index contributed by atoms with van der Waals surface area (Å²) < 4.78 is 49.8. The predicted molar refractivity (Wildman–Crippen MR) is 91.8 cm³/mol. The van der Waals surface area contributed by atoms with Gasteiger partial charge in [-0.3, -0.25) is 0 Å². The van der Waals surface area contributed by atoms with Crippen LogP contribution in [0, 0.1) is 0 Å². The molecule has 0 amide bonds. The van der Waals surface area contributed by atoms with E-state index in [0.29, 0.717) is 5.56 Å². The SMILES string of the molecule is CCCCCSc1cccc2c1C=C(C(=O)OCC)C(C(F)(F)F)O2. The van der Waals surface area contributed by atoms with E-state index in [1.165, 1.54) is 12.1 Å². The second-order valence-electron chi connectivity index (χ2n) is 5.58. The highest BCUT2D eigenvalue weighted by Gasteiger charge is 2.49. The number of hydrogen-bond acceptors (Lipinski definition) is 4. The van der Waals surface area contributed by atoms with Crippen LogP contribution in [0.15, 0.2) is 28.7 Å². The van der Waals surface area contributed by atoms with E-state index in [1.54, 1.807) is 24.8 Å². The molecule has 2 rings (SSSR count). The van der Waals surface area contributed by atoms with Gasteiger partial charge < -0.3 is 9.47 Å². The fraction of sp³-hybridized carbons (Fsp3) is 0.500. The molecule has 0 saturated carbocycles. The van der Waals surface area contributed by atoms with Crippen molar-refractivity contribution in [3.05, 3.63) is 29.3 Å². The summed E-state index contributed by atoms with van der Waals surface area (Å²) in [5.41, 5.74) is -0.00369. The Kier molecular flexibility index (Phi) is 6.81. The minimum atomic E-state index is -4.69. The molecule has 0 radical (unpaired) electrons. The number of ether oxygens (including phenoxy) is 2. The van der Waals surface area contributed by atoms with Crippen LogP contribution >= 0.6 is 11.8 Å². The van der Waals surface area contributed by atoms with Gasteiger partial charge in [0.15, 0.2) is 0 Å². The lowest BCUT2D eigenvalue weighted by molar-refractivity contribution is -0.187. The molecule has 1 atom stereocenters. The molecule has 138 valence electrons. The third kappa shape index (κ3) is 4.93. The van der Waals surface area contributed by atoms with Crippen LogP contribution in [-0.2, 0) is 9.53 Å². The molecule has 0 saturated heterocycles. The molecule has 1 heterocycles. The molecule has 0 N–H and O–H groups in total. The molecule has 3 nitrogen and oxygen atoms in total. The number of esters is 1. The van der Waals surface area contributed by atoms with E-state index >= 15 is 0 Å². The third-order valence-electron chi connectivity index (χ3n) is 3.67. The zero-order valence-corrected chi connectivity index (χ0v) is 15.0. The predicted octanol–water partition coefficient (Wildman–Crippen LogP) is 5.24. The minimum Gasteiger partial charge on any atom is -0.475 e. The molecule has 0 bridgehead atoms. The summed E-state index contributed by atoms with van der Waals surface area (Å²) in [5, 5.41) is 0. The summed E-state index contributed by atoms with van der Waals surface area (Å²) in [5.74, 6) is -0.00705. The molecule has 0 aliphatic carbocycles. The van der Waals surface area contributed by atoms with E-state index in [2.05, 4.69) is 6.92 Å². The van der Waals surface area contributed by atoms with Crippen molar-refractivity contribution in [1.82, 2.24) is 0 Å². The number of carbonyl (C=O) groups excluding carboxylic acids is 1. The quantitative estimate of drug-likeness (QED) is 0.371. The monoisotopic (exact) mass is 374 g/mol. The molecule has 0 fully saturated rings. The molecular formula is C18H21F3O3S. The van der Waals surface area contributed by atoms with Gasteiger partial charge in [-0.1, -0.05) is 25.8 Å². The van der Waals surface area contributed by atoms with Gasteiger partial charge in [0, 0.05) is 10.5 Å². The first-order chi connectivity index (χ1) is 11.9. The summed E-state index contributed by atoms with van der Waals surface area (Å²) >= 11 is 1.55. The number of hydrogen-bond donors (Lipinski definition) is 0. The van der Waals surface area contributed by atoms with Crippen molar-refractivity contribution in [2.75, 3.05) is 12.4 Å². The van der Waals surface area contributed by atoms with Crippen LogP contribution < -0.4 is 4.74 Å². The van der Waals surface area contributed by atoms with Crippen LogP contribution in [0.25, 0.3) is 6.08 Å². The van der Waals surface area contributed by atoms with Gasteiger partial charge >= 0.3 is 12.1 Å². The van der Waals surface area contributed by atoms with Crippen molar-refractivity contribution < 1.29 is 27.4 Å². The topological polar surface area (TPSA) is 35.5 Å². The van der Waals surface area contributed by atoms with Gasteiger partial charge in [-0.25, -0.2) is 4.79 Å². The molecule has 1 aliphatic rings. The molecular weight excluding hydrogens is 353 g/mol. The zero-order chi connectivity index (χ0) is 18.4. The number of alkyl halides is 3. The fourth-order valence-corrected chi connectivity index (χ4v) is 3.53. The van der Waals surface area contributed by atoms with Crippen LogP contribution in [0.2, 0.25) is 0 Å². The van der Waals surface area contributed by atoms with Gasteiger partial charge in [-0.2, -0.15) is 13.2 Å². The van der Waals surface area contributed by atoms with E-state index in [9.17, 15) is 18.0 Å². The lowest BCUT2D eigenvalue weighted by Gasteiger charge is -2.28. The second kappa shape index (κ2) is 8.65. The Balaban J connectivity index is 2.35. The number of unbranched alkanes of at least 4 members (excludes halogenated alkanes) is 2. The number of rotatable bonds is 7. The molecule has 1 aromatic rings. The number of carbonyl (C=O) groups is 1. The van der Waals surface area contributed by atoms with Gasteiger partial charge in [-0.15, -0.1) is 11.8 Å². The molecule has 7 heteroatoms. The molecule has 25 heavy (non-hydrogen) atoms. The summed E-state index contributed by atoms with van der Waals surface area (Å²) in [4.78, 5) is 12.8. The highest BCUT2D eigenvalue weighted by atomic mass is 32.2. The first-order valence-electron chi connectivity index (χ1n) is 8.26. The van der Waals surface area contributed by atoms with Gasteiger partial charge in [0.05, 0.1) is 12.2 Å². The van der Waals surface area contributed by atoms with Crippen LogP contribution in [0.5, 0.6) is 5.75 Å². The Morgan fingerprint density at radius 2 is 2.04 bits per heavy atom. The molecule has 0 spiro atoms. The summed E-state index contributed by atoms with van der Waals surface area (Å²) in [6.45, 7) is 3.66. The van der Waals surface area contributed by atoms with Gasteiger partial charge in [-0.05, 0) is 37.3 Å². The van der Waals surface area contributed by atoms with Crippen LogP contribution in [0.1, 0.15) is 38.7 Å². The van der Waals surface area contributed by atoms with Crippen molar-refractivity contribution in [1.29, 1.82) is 0 Å². The van der Waals surface area contributed by atoms with E-state index in [1.807, 2.05) is 6.07 Å². The van der Waals surface area contributed by atoms with Gasteiger partial charge in [0.2, 0.25) is 6.10 Å². The second-order valence-corrected chi connectivity index (χ2v) is 6.72. The molecule has 1 aliphatic heterocycles. The highest BCUT2D eigenvalue weighted by Crippen LogP contribution is 2.41. The number of halogens is 3. The average molecular weight is 374 g/mol. The first-order valence-corrected chi connectivity index (χ1v) is 9.25. The van der Waals surface area contributed by atoms with E-state index in [0.717, 1.165) is 29.9 Å². The van der Waals surface area contributed by atoms with Crippen LogP contribution in [-0.4, -0.2) is 30.6 Å². The number of fused-ring (bicyclic) bond motifs is 1. The summed E-state index contributed by atoms with van der Waals surface area (Å²) in [6.07, 6.45) is -2.53. The summed E-state index contributed by atoms with van der Waals surface area (Å²) in [6, 6.07) is 4.98. The summed E-state index contributed by atoms with van der Waals surface area (Å²) in [7, 11) is 0. The van der Waals surface area contributed by atoms with Gasteiger partial charge in [0.25, 0.3) is 0 Å². The zero-order valence-electron chi connectivity index (χ0n) is 14.2. The number of benzene rings is 1. The molecule has 1 unspecified atom stereocenters. The Hall–Kier alpha value is -1.63. The minimum absolute atomic E-state index is 0.00101. The Morgan fingerprint density at radius 3 is 2.68 bits per heavy atom. The van der Waals surface area contributed by atoms with E-state index < -0.39 is 23.8 Å².